The van der Waals surface area contributed by atoms with Crippen LogP contribution >= 0.6 is 0 Å². The fourth-order valence-electron chi connectivity index (χ4n) is 4.45. The molecule has 0 bridgehead atoms. The van der Waals surface area contributed by atoms with E-state index < -0.39 is 24.3 Å². The Hall–Kier alpha value is -3.68. The monoisotopic (exact) mass is 461 g/mol. The summed E-state index contributed by atoms with van der Waals surface area (Å²) in [6.07, 6.45) is -3.11. The summed E-state index contributed by atoms with van der Waals surface area (Å²) < 4.78 is 5.46. The molecule has 0 fully saturated rings. The Balaban J connectivity index is 1.33. The summed E-state index contributed by atoms with van der Waals surface area (Å²) in [5.41, 5.74) is 5.54. The summed E-state index contributed by atoms with van der Waals surface area (Å²) in [7, 11) is 0. The number of nitrogens with one attached hydrogen (secondary N) is 1. The number of hydrogen-bond donors (Lipinski definition) is 4. The topological polar surface area (TPSA) is 116 Å². The highest BCUT2D eigenvalue weighted by Gasteiger charge is 2.29. The summed E-state index contributed by atoms with van der Waals surface area (Å²) in [5, 5.41) is 32.4. The number of hydrogen-bond acceptors (Lipinski definition) is 5. The number of fused-ring (bicyclic) bond motifs is 3. The lowest BCUT2D eigenvalue weighted by Gasteiger charge is -2.21. The van der Waals surface area contributed by atoms with Crippen LogP contribution in [-0.2, 0) is 16.0 Å². The Morgan fingerprint density at radius 2 is 1.47 bits per heavy atom. The number of aliphatic hydroxyl groups is 2. The van der Waals surface area contributed by atoms with Gasteiger partial charge in [0.2, 0.25) is 0 Å². The van der Waals surface area contributed by atoms with Crippen LogP contribution in [0, 0.1) is 0 Å². The number of rotatable bonds is 9. The van der Waals surface area contributed by atoms with Gasteiger partial charge in [-0.15, -0.1) is 0 Å². The van der Waals surface area contributed by atoms with E-state index in [1.807, 2.05) is 36.4 Å². The smallest absolute Gasteiger partial charge is 0.407 e. The molecule has 176 valence electrons. The Morgan fingerprint density at radius 1 is 0.882 bits per heavy atom. The maximum atomic E-state index is 12.3. The van der Waals surface area contributed by atoms with E-state index in [1.165, 1.54) is 0 Å². The molecule has 0 saturated carbocycles. The third-order valence-corrected chi connectivity index (χ3v) is 6.15. The molecule has 0 heterocycles. The van der Waals surface area contributed by atoms with Gasteiger partial charge < -0.3 is 25.4 Å². The van der Waals surface area contributed by atoms with Crippen LogP contribution in [0.4, 0.5) is 4.79 Å². The van der Waals surface area contributed by atoms with E-state index in [2.05, 4.69) is 17.4 Å². The molecule has 4 rings (SSSR count). The van der Waals surface area contributed by atoms with Gasteiger partial charge in [0.05, 0.1) is 0 Å². The van der Waals surface area contributed by atoms with Crippen LogP contribution < -0.4 is 5.32 Å². The Morgan fingerprint density at radius 3 is 2.12 bits per heavy atom. The number of alkyl carbamates (subject to hydrolysis) is 1. The Bertz CT molecular complexity index is 1130. The van der Waals surface area contributed by atoms with Crippen LogP contribution in [0.3, 0.4) is 0 Å². The van der Waals surface area contributed by atoms with Gasteiger partial charge in [-0.25, -0.2) is 4.79 Å². The van der Waals surface area contributed by atoms with Crippen LogP contribution in [0.15, 0.2) is 72.8 Å². The highest BCUT2D eigenvalue weighted by molar-refractivity contribution is 5.79. The van der Waals surface area contributed by atoms with Gasteiger partial charge in [0, 0.05) is 18.9 Å². The zero-order chi connectivity index (χ0) is 24.1. The average Bonchev–Trinajstić information content (AvgIpc) is 3.18. The summed E-state index contributed by atoms with van der Waals surface area (Å²) in [4.78, 5) is 23.2. The maximum absolute atomic E-state index is 12.3. The van der Waals surface area contributed by atoms with Crippen molar-refractivity contribution >= 4 is 12.1 Å². The third-order valence-electron chi connectivity index (χ3n) is 6.15. The molecule has 34 heavy (non-hydrogen) atoms. The van der Waals surface area contributed by atoms with Crippen LogP contribution in [0.1, 0.15) is 40.7 Å². The molecule has 0 aromatic heterocycles. The molecule has 0 radical (unpaired) electrons. The SMILES string of the molecule is O=C(O)CCc1ccccc1C(O)C(O)CNC(=O)OCC1c2ccccc2-c2ccccc21. The Kier molecular flexibility index (Phi) is 7.25. The first-order valence-electron chi connectivity index (χ1n) is 11.2. The lowest BCUT2D eigenvalue weighted by Crippen LogP contribution is -2.36. The first-order valence-corrected chi connectivity index (χ1v) is 11.2. The standard InChI is InChI=1S/C27H27NO6/c29-24(26(32)18-8-2-1-7-17(18)13-14-25(30)31)15-28-27(33)34-16-23-21-11-5-3-9-19(21)20-10-4-6-12-22(20)23/h1-12,23-24,26,29,32H,13-16H2,(H,28,33)(H,30,31). The number of aryl methyl sites for hydroxylation is 1. The minimum Gasteiger partial charge on any atom is -0.481 e. The highest BCUT2D eigenvalue weighted by Crippen LogP contribution is 2.44. The van der Waals surface area contributed by atoms with Crippen molar-refractivity contribution in [2.24, 2.45) is 0 Å². The number of carbonyl (C=O) groups excluding carboxylic acids is 1. The molecule has 2 unspecified atom stereocenters. The van der Waals surface area contributed by atoms with Crippen molar-refractivity contribution in [1.29, 1.82) is 0 Å². The van der Waals surface area contributed by atoms with Crippen molar-refractivity contribution in [2.75, 3.05) is 13.2 Å². The van der Waals surface area contributed by atoms with Gasteiger partial charge in [-0.2, -0.15) is 0 Å². The lowest BCUT2D eigenvalue weighted by atomic mass is 9.95. The number of carboxylic acid groups (broad SMARTS) is 1. The summed E-state index contributed by atoms with van der Waals surface area (Å²) in [5.74, 6) is -1.02. The van der Waals surface area contributed by atoms with E-state index in [0.29, 0.717) is 11.1 Å². The average molecular weight is 462 g/mol. The van der Waals surface area contributed by atoms with Crippen molar-refractivity contribution in [1.82, 2.24) is 5.32 Å². The first kappa shape index (κ1) is 23.5. The number of carboxylic acids is 1. The van der Waals surface area contributed by atoms with Crippen molar-refractivity contribution in [3.8, 4) is 11.1 Å². The van der Waals surface area contributed by atoms with E-state index >= 15 is 0 Å². The molecule has 2 atom stereocenters. The largest absolute Gasteiger partial charge is 0.481 e. The quantitative estimate of drug-likeness (QED) is 0.387. The summed E-state index contributed by atoms with van der Waals surface area (Å²) in [6.45, 7) is -0.0678. The molecule has 7 nitrogen and oxygen atoms in total. The molecule has 3 aromatic rings. The predicted molar refractivity (Wildman–Crippen MR) is 126 cm³/mol. The fraction of sp³-hybridized carbons (Fsp3) is 0.259. The molecule has 0 spiro atoms. The van der Waals surface area contributed by atoms with Crippen molar-refractivity contribution in [3.63, 3.8) is 0 Å². The molecule has 0 aliphatic heterocycles. The van der Waals surface area contributed by atoms with Crippen LogP contribution in [0.25, 0.3) is 11.1 Å². The Labute approximate surface area is 197 Å². The van der Waals surface area contributed by atoms with Crippen LogP contribution in [0.2, 0.25) is 0 Å². The van der Waals surface area contributed by atoms with Crippen molar-refractivity contribution in [3.05, 3.63) is 95.1 Å². The van der Waals surface area contributed by atoms with Gasteiger partial charge in [-0.1, -0.05) is 72.8 Å². The predicted octanol–water partition coefficient (Wildman–Crippen LogP) is 3.64. The normalized spacial score (nSPS) is 14.1. The van der Waals surface area contributed by atoms with Crippen LogP contribution in [-0.4, -0.2) is 46.6 Å². The number of amides is 1. The zero-order valence-electron chi connectivity index (χ0n) is 18.6. The zero-order valence-corrected chi connectivity index (χ0v) is 18.6. The summed E-state index contributed by atoms with van der Waals surface area (Å²) in [6, 6.07) is 22.9. The molecule has 0 saturated heterocycles. The molecule has 1 amide bonds. The van der Waals surface area contributed by atoms with Gasteiger partial charge in [-0.3, -0.25) is 4.79 Å². The van der Waals surface area contributed by atoms with Crippen molar-refractivity contribution < 1.29 is 29.6 Å². The molecular weight excluding hydrogens is 434 g/mol. The number of ether oxygens (including phenoxy) is 1. The lowest BCUT2D eigenvalue weighted by molar-refractivity contribution is -0.136. The fourth-order valence-corrected chi connectivity index (χ4v) is 4.45. The molecule has 4 N–H and O–H groups in total. The van der Waals surface area contributed by atoms with Gasteiger partial charge >= 0.3 is 12.1 Å². The first-order chi connectivity index (χ1) is 16.5. The minimum atomic E-state index is -1.29. The summed E-state index contributed by atoms with van der Waals surface area (Å²) >= 11 is 0. The van der Waals surface area contributed by atoms with E-state index in [1.54, 1.807) is 24.3 Å². The second-order valence-electron chi connectivity index (χ2n) is 8.31. The van der Waals surface area contributed by atoms with E-state index in [-0.39, 0.29) is 31.9 Å². The molecule has 1 aliphatic rings. The van der Waals surface area contributed by atoms with Gasteiger partial charge in [0.1, 0.15) is 18.8 Å². The number of aliphatic carboxylic acids is 1. The van der Waals surface area contributed by atoms with Gasteiger partial charge in [-0.05, 0) is 39.8 Å². The van der Waals surface area contributed by atoms with E-state index in [0.717, 1.165) is 22.3 Å². The van der Waals surface area contributed by atoms with Crippen molar-refractivity contribution in [2.45, 2.75) is 31.0 Å². The second-order valence-corrected chi connectivity index (χ2v) is 8.31. The third kappa shape index (κ3) is 5.11. The molecule has 1 aliphatic carbocycles. The molecular formula is C27H27NO6. The van der Waals surface area contributed by atoms with E-state index in [9.17, 15) is 19.8 Å². The number of benzene rings is 3. The maximum Gasteiger partial charge on any atom is 0.407 e. The number of aliphatic hydroxyl groups excluding tert-OH is 2. The van der Waals surface area contributed by atoms with Gasteiger partial charge in [0.25, 0.3) is 0 Å². The molecule has 7 heteroatoms. The minimum absolute atomic E-state index is 0.0743. The van der Waals surface area contributed by atoms with Gasteiger partial charge in [0.15, 0.2) is 0 Å². The second kappa shape index (κ2) is 10.5. The highest BCUT2D eigenvalue weighted by atomic mass is 16.5. The van der Waals surface area contributed by atoms with E-state index in [4.69, 9.17) is 9.84 Å². The van der Waals surface area contributed by atoms with Crippen LogP contribution in [0.5, 0.6) is 0 Å². The number of carbonyl (C=O) groups is 2. The molecule has 3 aromatic carbocycles.